The van der Waals surface area contributed by atoms with Crippen molar-refractivity contribution in [3.8, 4) is 11.5 Å². The number of para-hydroxylation sites is 1. The predicted molar refractivity (Wildman–Crippen MR) is 98.4 cm³/mol. The van der Waals surface area contributed by atoms with Gasteiger partial charge in [0.05, 0.1) is 32.6 Å². The Morgan fingerprint density at radius 3 is 2.69 bits per heavy atom. The minimum absolute atomic E-state index is 0.0914. The van der Waals surface area contributed by atoms with Gasteiger partial charge in [-0.1, -0.05) is 23.9 Å². The average molecular weight is 376 g/mol. The van der Waals surface area contributed by atoms with Crippen LogP contribution in [0.2, 0.25) is 0 Å². The van der Waals surface area contributed by atoms with Gasteiger partial charge in [0.25, 0.3) is 0 Å². The van der Waals surface area contributed by atoms with Crippen LogP contribution in [0.5, 0.6) is 11.5 Å². The van der Waals surface area contributed by atoms with E-state index < -0.39 is 12.0 Å². The van der Waals surface area contributed by atoms with Gasteiger partial charge >= 0.3 is 5.97 Å². The highest BCUT2D eigenvalue weighted by molar-refractivity contribution is 8.14. The number of esters is 1. The van der Waals surface area contributed by atoms with Crippen LogP contribution in [0.4, 0.5) is 0 Å². The number of allylic oxidation sites excluding steroid dienone is 1. The van der Waals surface area contributed by atoms with E-state index in [1.54, 1.807) is 31.1 Å². The van der Waals surface area contributed by atoms with Crippen LogP contribution in [0.1, 0.15) is 24.9 Å². The Morgan fingerprint density at radius 2 is 2.04 bits per heavy atom. The van der Waals surface area contributed by atoms with E-state index in [0.29, 0.717) is 45.7 Å². The molecule has 1 aromatic rings. The van der Waals surface area contributed by atoms with Crippen LogP contribution < -0.4 is 9.47 Å². The molecule has 0 radical (unpaired) electrons. The van der Waals surface area contributed by atoms with Crippen molar-refractivity contribution < 1.29 is 23.8 Å². The number of amides is 1. The Morgan fingerprint density at radius 1 is 1.27 bits per heavy atom. The molecule has 1 saturated heterocycles. The standard InChI is InChI=1S/C18H20N2O5S/c1-10-14(17(22)25-4)15(20-13(21)8-9-26-18(20)19-10)11-6-5-7-12(23-2)16(11)24-3/h5-7,15H,8-9H2,1-4H3. The first kappa shape index (κ1) is 18.3. The molecule has 0 N–H and O–H groups in total. The van der Waals surface area contributed by atoms with Crippen LogP contribution >= 0.6 is 11.8 Å². The van der Waals surface area contributed by atoms with Crippen LogP contribution in [-0.4, -0.2) is 49.0 Å². The second-order valence-electron chi connectivity index (χ2n) is 5.73. The molecule has 2 aliphatic heterocycles. The Balaban J connectivity index is 2.26. The third-order valence-corrected chi connectivity index (χ3v) is 5.29. The first-order chi connectivity index (χ1) is 12.5. The van der Waals surface area contributed by atoms with Gasteiger partial charge in [0.15, 0.2) is 16.7 Å². The maximum absolute atomic E-state index is 12.7. The van der Waals surface area contributed by atoms with E-state index in [1.165, 1.54) is 26.0 Å². The highest BCUT2D eigenvalue weighted by Crippen LogP contribution is 2.45. The largest absolute Gasteiger partial charge is 0.493 e. The van der Waals surface area contributed by atoms with Gasteiger partial charge in [0, 0.05) is 17.7 Å². The summed E-state index contributed by atoms with van der Waals surface area (Å²) < 4.78 is 15.9. The summed E-state index contributed by atoms with van der Waals surface area (Å²) in [4.78, 5) is 31.3. The molecule has 1 unspecified atom stereocenters. The fourth-order valence-electron chi connectivity index (χ4n) is 3.19. The molecule has 0 aromatic heterocycles. The molecule has 2 aliphatic rings. The number of benzene rings is 1. The first-order valence-electron chi connectivity index (χ1n) is 8.07. The van der Waals surface area contributed by atoms with Crippen LogP contribution in [-0.2, 0) is 14.3 Å². The maximum Gasteiger partial charge on any atom is 0.338 e. The van der Waals surface area contributed by atoms with Crippen LogP contribution in [0.25, 0.3) is 0 Å². The quantitative estimate of drug-likeness (QED) is 0.752. The Labute approximate surface area is 156 Å². The number of hydrogen-bond donors (Lipinski definition) is 0. The molecule has 0 bridgehead atoms. The second kappa shape index (κ2) is 7.41. The van der Waals surface area contributed by atoms with Gasteiger partial charge in [0.2, 0.25) is 5.91 Å². The maximum atomic E-state index is 12.7. The van der Waals surface area contributed by atoms with E-state index >= 15 is 0 Å². The molecule has 8 heteroatoms. The third kappa shape index (κ3) is 2.94. The highest BCUT2D eigenvalue weighted by atomic mass is 32.2. The molecule has 1 aromatic carbocycles. The summed E-state index contributed by atoms with van der Waals surface area (Å²) in [6.45, 7) is 1.75. The lowest BCUT2D eigenvalue weighted by atomic mass is 9.93. The molecule has 0 saturated carbocycles. The average Bonchev–Trinajstić information content (AvgIpc) is 2.65. The molecular weight excluding hydrogens is 356 g/mol. The Hall–Kier alpha value is -2.48. The van der Waals surface area contributed by atoms with Gasteiger partial charge in [-0.3, -0.25) is 9.69 Å². The van der Waals surface area contributed by atoms with Crippen molar-refractivity contribution in [1.29, 1.82) is 0 Å². The summed E-state index contributed by atoms with van der Waals surface area (Å²) in [7, 11) is 4.38. The molecule has 7 nitrogen and oxygen atoms in total. The van der Waals surface area contributed by atoms with E-state index in [0.717, 1.165) is 0 Å². The summed E-state index contributed by atoms with van der Waals surface area (Å²) in [5.74, 6) is 1.04. The fourth-order valence-corrected chi connectivity index (χ4v) is 4.20. The number of fused-ring (bicyclic) bond motifs is 1. The number of hydrogen-bond acceptors (Lipinski definition) is 7. The van der Waals surface area contributed by atoms with Crippen LogP contribution in [0.3, 0.4) is 0 Å². The molecule has 26 heavy (non-hydrogen) atoms. The van der Waals surface area contributed by atoms with Crippen molar-refractivity contribution in [2.45, 2.75) is 19.4 Å². The van der Waals surface area contributed by atoms with Crippen molar-refractivity contribution in [2.24, 2.45) is 4.99 Å². The fraction of sp³-hybridized carbons (Fsp3) is 0.389. The molecule has 1 amide bonds. The summed E-state index contributed by atoms with van der Waals surface area (Å²) in [5, 5.41) is 0.585. The van der Waals surface area contributed by atoms with Crippen molar-refractivity contribution in [1.82, 2.24) is 4.90 Å². The monoisotopic (exact) mass is 376 g/mol. The van der Waals surface area contributed by atoms with E-state index in [-0.39, 0.29) is 5.91 Å². The number of methoxy groups -OCH3 is 3. The van der Waals surface area contributed by atoms with E-state index in [4.69, 9.17) is 14.2 Å². The summed E-state index contributed by atoms with van der Waals surface area (Å²) in [6.07, 6.45) is 0.375. The lowest BCUT2D eigenvalue weighted by Gasteiger charge is -2.39. The molecule has 1 atom stereocenters. The van der Waals surface area contributed by atoms with Gasteiger partial charge in [0.1, 0.15) is 6.04 Å². The van der Waals surface area contributed by atoms with Gasteiger partial charge in [-0.15, -0.1) is 0 Å². The number of aliphatic imine (C=N–C) groups is 1. The molecule has 2 heterocycles. The molecule has 1 fully saturated rings. The van der Waals surface area contributed by atoms with Gasteiger partial charge < -0.3 is 14.2 Å². The number of thioether (sulfide) groups is 1. The van der Waals surface area contributed by atoms with E-state index in [9.17, 15) is 9.59 Å². The zero-order valence-electron chi connectivity index (χ0n) is 15.1. The lowest BCUT2D eigenvalue weighted by molar-refractivity contribution is -0.137. The summed E-state index contributed by atoms with van der Waals surface area (Å²) in [6, 6.07) is 4.70. The van der Waals surface area contributed by atoms with E-state index in [2.05, 4.69) is 4.99 Å². The molecular formula is C18H20N2O5S. The van der Waals surface area contributed by atoms with Crippen molar-refractivity contribution >= 4 is 28.8 Å². The molecule has 3 rings (SSSR count). The minimum atomic E-state index is -0.680. The Bertz CT molecular complexity index is 818. The van der Waals surface area contributed by atoms with Crippen molar-refractivity contribution in [3.63, 3.8) is 0 Å². The number of carbonyl (C=O) groups is 2. The molecule has 0 spiro atoms. The van der Waals surface area contributed by atoms with Crippen LogP contribution in [0.15, 0.2) is 34.5 Å². The van der Waals surface area contributed by atoms with Crippen LogP contribution in [0, 0.1) is 0 Å². The topological polar surface area (TPSA) is 77.4 Å². The van der Waals surface area contributed by atoms with Gasteiger partial charge in [-0.05, 0) is 13.0 Å². The van der Waals surface area contributed by atoms with Crippen molar-refractivity contribution in [3.05, 3.63) is 35.0 Å². The van der Waals surface area contributed by atoms with Gasteiger partial charge in [-0.2, -0.15) is 0 Å². The lowest BCUT2D eigenvalue weighted by Crippen LogP contribution is -2.45. The SMILES string of the molecule is COC(=O)C1=C(C)N=C2SCCC(=O)N2C1c1cccc(OC)c1OC. The summed E-state index contributed by atoms with van der Waals surface area (Å²) >= 11 is 1.49. The highest BCUT2D eigenvalue weighted by Gasteiger charge is 2.43. The van der Waals surface area contributed by atoms with E-state index in [1.807, 2.05) is 6.07 Å². The van der Waals surface area contributed by atoms with Gasteiger partial charge in [-0.25, -0.2) is 9.79 Å². The zero-order valence-corrected chi connectivity index (χ0v) is 15.9. The first-order valence-corrected chi connectivity index (χ1v) is 9.05. The zero-order chi connectivity index (χ0) is 18.8. The minimum Gasteiger partial charge on any atom is -0.493 e. The number of ether oxygens (including phenoxy) is 3. The number of nitrogens with zero attached hydrogens (tertiary/aromatic N) is 2. The number of rotatable bonds is 4. The smallest absolute Gasteiger partial charge is 0.338 e. The number of carbonyl (C=O) groups excluding carboxylic acids is 2. The molecule has 138 valence electrons. The normalized spacial score (nSPS) is 19.7. The number of amidine groups is 1. The predicted octanol–water partition coefficient (Wildman–Crippen LogP) is 2.53. The third-order valence-electron chi connectivity index (χ3n) is 4.34. The second-order valence-corrected chi connectivity index (χ2v) is 6.79. The molecule has 0 aliphatic carbocycles. The summed E-state index contributed by atoms with van der Waals surface area (Å²) in [5.41, 5.74) is 1.49. The Kier molecular flexibility index (Phi) is 5.22. The van der Waals surface area contributed by atoms with Crippen molar-refractivity contribution in [2.75, 3.05) is 27.1 Å².